The molecule has 110 valence electrons. The van der Waals surface area contributed by atoms with Crippen molar-refractivity contribution in [3.05, 3.63) is 95.1 Å². The molecular weight excluding hydrogens is 266 g/mol. The van der Waals surface area contributed by atoms with Gasteiger partial charge in [0.1, 0.15) is 0 Å². The molecule has 0 bridgehead atoms. The number of hydrogen-bond donors (Lipinski definition) is 1. The van der Waals surface area contributed by atoms with Gasteiger partial charge in [-0.1, -0.05) is 54.1 Å². The Labute approximate surface area is 132 Å². The molecule has 0 saturated heterocycles. The minimum absolute atomic E-state index is 0.984. The van der Waals surface area contributed by atoms with Crippen molar-refractivity contribution in [1.82, 2.24) is 0 Å². The average molecular weight is 287 g/mol. The van der Waals surface area contributed by atoms with Crippen LogP contribution in [0.5, 0.6) is 0 Å². The third kappa shape index (κ3) is 3.56. The van der Waals surface area contributed by atoms with Crippen LogP contribution in [-0.4, -0.2) is 0 Å². The van der Waals surface area contributed by atoms with Gasteiger partial charge in [0.2, 0.25) is 0 Å². The Kier molecular flexibility index (Phi) is 4.24. The second-order valence-corrected chi connectivity index (χ2v) is 5.79. The normalized spacial score (nSPS) is 10.5. The van der Waals surface area contributed by atoms with E-state index in [9.17, 15) is 0 Å². The van der Waals surface area contributed by atoms with Crippen LogP contribution in [0, 0.1) is 13.8 Å². The summed E-state index contributed by atoms with van der Waals surface area (Å²) < 4.78 is 0. The molecule has 3 aromatic carbocycles. The molecule has 0 heterocycles. The molecule has 0 spiro atoms. The Morgan fingerprint density at radius 3 is 2.09 bits per heavy atom. The number of hydrogen-bond acceptors (Lipinski definition) is 1. The maximum absolute atomic E-state index is 3.46. The van der Waals surface area contributed by atoms with E-state index in [1.54, 1.807) is 0 Å². The third-order valence-electron chi connectivity index (χ3n) is 3.92. The Hall–Kier alpha value is -2.54. The number of nitrogens with one attached hydrogen (secondary N) is 1. The Balaban J connectivity index is 1.75. The molecule has 0 amide bonds. The minimum atomic E-state index is 0.984. The van der Waals surface area contributed by atoms with E-state index in [0.717, 1.165) is 17.8 Å². The van der Waals surface area contributed by atoms with Gasteiger partial charge in [-0.2, -0.15) is 0 Å². The van der Waals surface area contributed by atoms with E-state index in [1.165, 1.54) is 22.3 Å². The first-order chi connectivity index (χ1) is 10.7. The monoisotopic (exact) mass is 287 g/mol. The summed E-state index contributed by atoms with van der Waals surface area (Å²) >= 11 is 0. The molecule has 22 heavy (non-hydrogen) atoms. The molecule has 0 fully saturated rings. The van der Waals surface area contributed by atoms with Crippen molar-refractivity contribution in [3.63, 3.8) is 0 Å². The summed E-state index contributed by atoms with van der Waals surface area (Å²) in [5.41, 5.74) is 7.59. The second kappa shape index (κ2) is 6.48. The molecule has 0 aliphatic carbocycles. The molecule has 3 aromatic rings. The van der Waals surface area contributed by atoms with Gasteiger partial charge in [0.05, 0.1) is 0 Å². The first-order valence-corrected chi connectivity index (χ1v) is 7.68. The molecule has 1 nitrogen and oxygen atoms in total. The Bertz CT molecular complexity index is 743. The molecule has 0 unspecified atom stereocenters. The SMILES string of the molecule is Cc1ccc(Nc2ccc(Cc3ccccc3)c(C)c2)cc1. The standard InChI is InChI=1S/C21H21N/c1-16-8-11-20(12-9-16)22-21-13-10-19(17(2)14-21)15-18-6-4-3-5-7-18/h3-14,22H,15H2,1-2H3. The van der Waals surface area contributed by atoms with Gasteiger partial charge in [0.15, 0.2) is 0 Å². The van der Waals surface area contributed by atoms with Crippen LogP contribution in [0.2, 0.25) is 0 Å². The lowest BCUT2D eigenvalue weighted by molar-refractivity contribution is 1.16. The highest BCUT2D eigenvalue weighted by molar-refractivity contribution is 5.61. The smallest absolute Gasteiger partial charge is 0.0387 e. The maximum Gasteiger partial charge on any atom is 0.0387 e. The minimum Gasteiger partial charge on any atom is -0.356 e. The highest BCUT2D eigenvalue weighted by Crippen LogP contribution is 2.22. The van der Waals surface area contributed by atoms with Crippen molar-refractivity contribution in [2.75, 3.05) is 5.32 Å². The first kappa shape index (κ1) is 14.4. The lowest BCUT2D eigenvalue weighted by atomic mass is 10.00. The lowest BCUT2D eigenvalue weighted by Crippen LogP contribution is -1.95. The Morgan fingerprint density at radius 2 is 1.41 bits per heavy atom. The van der Waals surface area contributed by atoms with Crippen LogP contribution in [0.3, 0.4) is 0 Å². The molecule has 1 heteroatoms. The van der Waals surface area contributed by atoms with Crippen LogP contribution in [0.25, 0.3) is 0 Å². The largest absolute Gasteiger partial charge is 0.356 e. The van der Waals surface area contributed by atoms with Crippen molar-refractivity contribution in [2.45, 2.75) is 20.3 Å². The van der Waals surface area contributed by atoms with Crippen molar-refractivity contribution >= 4 is 11.4 Å². The van der Waals surface area contributed by atoms with Crippen molar-refractivity contribution in [3.8, 4) is 0 Å². The van der Waals surface area contributed by atoms with Crippen molar-refractivity contribution in [1.29, 1.82) is 0 Å². The predicted molar refractivity (Wildman–Crippen MR) is 94.9 cm³/mol. The lowest BCUT2D eigenvalue weighted by Gasteiger charge is -2.11. The molecule has 3 rings (SSSR count). The fourth-order valence-electron chi connectivity index (χ4n) is 2.59. The van der Waals surface area contributed by atoms with Crippen LogP contribution in [-0.2, 0) is 6.42 Å². The van der Waals surface area contributed by atoms with Crippen LogP contribution >= 0.6 is 0 Å². The quantitative estimate of drug-likeness (QED) is 0.655. The average Bonchev–Trinajstić information content (AvgIpc) is 2.53. The zero-order chi connectivity index (χ0) is 15.4. The van der Waals surface area contributed by atoms with Gasteiger partial charge in [0.25, 0.3) is 0 Å². The van der Waals surface area contributed by atoms with E-state index in [0.29, 0.717) is 0 Å². The summed E-state index contributed by atoms with van der Waals surface area (Å²) in [6, 6.07) is 25.7. The van der Waals surface area contributed by atoms with E-state index in [2.05, 4.69) is 92.0 Å². The van der Waals surface area contributed by atoms with Gasteiger partial charge in [-0.25, -0.2) is 0 Å². The first-order valence-electron chi connectivity index (χ1n) is 7.68. The fourth-order valence-corrected chi connectivity index (χ4v) is 2.59. The topological polar surface area (TPSA) is 12.0 Å². The van der Waals surface area contributed by atoms with E-state index in [-0.39, 0.29) is 0 Å². The summed E-state index contributed by atoms with van der Waals surface area (Å²) in [5, 5.41) is 3.46. The van der Waals surface area contributed by atoms with Gasteiger partial charge in [0, 0.05) is 11.4 Å². The van der Waals surface area contributed by atoms with Gasteiger partial charge in [-0.3, -0.25) is 0 Å². The highest BCUT2D eigenvalue weighted by atomic mass is 14.9. The van der Waals surface area contributed by atoms with Crippen molar-refractivity contribution in [2.24, 2.45) is 0 Å². The number of anilines is 2. The highest BCUT2D eigenvalue weighted by Gasteiger charge is 2.02. The van der Waals surface area contributed by atoms with E-state index >= 15 is 0 Å². The second-order valence-electron chi connectivity index (χ2n) is 5.79. The number of aryl methyl sites for hydroxylation is 2. The zero-order valence-corrected chi connectivity index (χ0v) is 13.1. The van der Waals surface area contributed by atoms with Crippen LogP contribution in [0.15, 0.2) is 72.8 Å². The van der Waals surface area contributed by atoms with E-state index in [1.807, 2.05) is 0 Å². The van der Waals surface area contributed by atoms with Crippen LogP contribution in [0.4, 0.5) is 11.4 Å². The maximum atomic E-state index is 3.46. The van der Waals surface area contributed by atoms with Crippen LogP contribution in [0.1, 0.15) is 22.3 Å². The van der Waals surface area contributed by atoms with Gasteiger partial charge in [-0.05, 0) is 61.2 Å². The fraction of sp³-hybridized carbons (Fsp3) is 0.143. The summed E-state index contributed by atoms with van der Waals surface area (Å²) in [5.74, 6) is 0. The molecular formula is C21H21N. The number of rotatable bonds is 4. The summed E-state index contributed by atoms with van der Waals surface area (Å²) in [6.07, 6.45) is 0.984. The van der Waals surface area contributed by atoms with Gasteiger partial charge in [-0.15, -0.1) is 0 Å². The molecule has 0 aromatic heterocycles. The Morgan fingerprint density at radius 1 is 0.727 bits per heavy atom. The third-order valence-corrected chi connectivity index (χ3v) is 3.92. The summed E-state index contributed by atoms with van der Waals surface area (Å²) in [4.78, 5) is 0. The molecule has 0 radical (unpaired) electrons. The van der Waals surface area contributed by atoms with Gasteiger partial charge < -0.3 is 5.32 Å². The molecule has 1 N–H and O–H groups in total. The van der Waals surface area contributed by atoms with Crippen molar-refractivity contribution < 1.29 is 0 Å². The molecule has 0 aliphatic heterocycles. The van der Waals surface area contributed by atoms with Crippen LogP contribution < -0.4 is 5.32 Å². The van der Waals surface area contributed by atoms with Gasteiger partial charge >= 0.3 is 0 Å². The van der Waals surface area contributed by atoms with E-state index in [4.69, 9.17) is 0 Å². The summed E-state index contributed by atoms with van der Waals surface area (Å²) in [7, 11) is 0. The summed E-state index contributed by atoms with van der Waals surface area (Å²) in [6.45, 7) is 4.28. The zero-order valence-electron chi connectivity index (χ0n) is 13.1. The van der Waals surface area contributed by atoms with E-state index < -0.39 is 0 Å². The number of benzene rings is 3. The predicted octanol–water partition coefficient (Wildman–Crippen LogP) is 5.64. The molecule has 0 saturated carbocycles. The molecule has 0 aliphatic rings. The molecule has 0 atom stereocenters.